The molecule has 8 bridgehead atoms. The first-order valence-electron chi connectivity index (χ1n) is 24.0. The van der Waals surface area contributed by atoms with Crippen LogP contribution in [0.4, 0.5) is 0 Å². The van der Waals surface area contributed by atoms with Crippen LogP contribution in [0.3, 0.4) is 0 Å². The van der Waals surface area contributed by atoms with Crippen molar-refractivity contribution in [3.05, 3.63) is 176 Å². The van der Waals surface area contributed by atoms with Gasteiger partial charge in [-0.1, -0.05) is 142 Å². The van der Waals surface area contributed by atoms with E-state index < -0.39 is 0 Å². The van der Waals surface area contributed by atoms with Gasteiger partial charge in [-0.15, -0.1) is 22.7 Å². The maximum Gasteiger partial charge on any atom is 0.261 e. The highest BCUT2D eigenvalue weighted by Crippen LogP contribution is 2.49. The Morgan fingerprint density at radius 1 is 0.529 bits per heavy atom. The van der Waals surface area contributed by atoms with Gasteiger partial charge in [-0.2, -0.15) is 0 Å². The molecule has 8 nitrogen and oxygen atoms in total. The Kier molecular flexibility index (Phi) is 10.1. The van der Waals surface area contributed by atoms with Gasteiger partial charge >= 0.3 is 0 Å². The SMILES string of the molecule is CCCCN1C(=O)C2=C(c3ccc(C#Cc4c5nc(cc6[nH]c(cc7nc(cc8[nH]c4c4ccccc84)-c4ccccc4-7)c4ccccc64)-c4ccccc4-5)s3)N(CCCC)C(=O)C2=C1c1cccs1. The molecule has 338 valence electrons. The summed E-state index contributed by atoms with van der Waals surface area (Å²) in [6.07, 6.45) is 3.51. The predicted octanol–water partition coefficient (Wildman–Crippen LogP) is 14.2. The average molecular weight is 945 g/mol. The van der Waals surface area contributed by atoms with E-state index in [4.69, 9.17) is 9.97 Å². The number of carbonyl (C=O) groups excluding carboxylic acids is 2. The standard InChI is InChI=1S/C60H44N6O2S2/c1-3-5-29-65-57(51-24-15-31-69-51)53-54(60(65)68)58(66(59(53)67)30-6-4-2)52-28-26-35(70-52)25-27-44-55-42-22-13-11-20-40(42)49(63-55)33-47-38-18-9-7-16-36(38)45(61-47)32-46-37-17-8-10-19-39(37)48(62-46)34-50-41-21-12-14-23-43(41)56(44)64-50/h7-24,26,28,31-34,61,64H,3-6,29-30H2,1-2H3. The van der Waals surface area contributed by atoms with E-state index in [0.717, 1.165) is 140 Å². The monoisotopic (exact) mass is 944 g/mol. The van der Waals surface area contributed by atoms with Gasteiger partial charge in [-0.05, 0) is 54.6 Å². The third kappa shape index (κ3) is 6.64. The highest BCUT2D eigenvalue weighted by molar-refractivity contribution is 7.13. The van der Waals surface area contributed by atoms with Gasteiger partial charge in [0.15, 0.2) is 0 Å². The van der Waals surface area contributed by atoms with Crippen LogP contribution in [0.1, 0.15) is 59.7 Å². The molecule has 0 spiro atoms. The van der Waals surface area contributed by atoms with Crippen LogP contribution < -0.4 is 0 Å². The summed E-state index contributed by atoms with van der Waals surface area (Å²) in [5, 5.41) is 6.27. The van der Waals surface area contributed by atoms with E-state index in [1.54, 1.807) is 11.3 Å². The predicted molar refractivity (Wildman–Crippen MR) is 287 cm³/mol. The Balaban J connectivity index is 1.06. The maximum atomic E-state index is 14.7. The second-order valence-corrected chi connectivity index (χ2v) is 20.1. The molecule has 5 aromatic heterocycles. The number of thiophene rings is 2. The molecule has 4 aliphatic rings. The third-order valence-electron chi connectivity index (χ3n) is 13.8. The van der Waals surface area contributed by atoms with E-state index in [2.05, 4.69) is 151 Å². The summed E-state index contributed by atoms with van der Waals surface area (Å²) >= 11 is 3.08. The average Bonchev–Trinajstić information content (AvgIpc) is 4.28. The summed E-state index contributed by atoms with van der Waals surface area (Å²) in [6, 6.07) is 48.2. The Labute approximate surface area is 412 Å². The second-order valence-electron chi connectivity index (χ2n) is 18.0. The van der Waals surface area contributed by atoms with Crippen LogP contribution in [-0.2, 0) is 9.59 Å². The number of unbranched alkanes of at least 4 members (excludes halogenated alkanes) is 2. The number of aromatic amines is 2. The summed E-state index contributed by atoms with van der Waals surface area (Å²) in [5.74, 6) is 7.08. The lowest BCUT2D eigenvalue weighted by Gasteiger charge is -2.24. The molecule has 0 radical (unpaired) electrons. The van der Waals surface area contributed by atoms with Gasteiger partial charge in [0.1, 0.15) is 0 Å². The minimum Gasteiger partial charge on any atom is -0.354 e. The van der Waals surface area contributed by atoms with Gasteiger partial charge in [0, 0.05) is 73.4 Å². The van der Waals surface area contributed by atoms with E-state index in [0.29, 0.717) is 29.9 Å². The summed E-state index contributed by atoms with van der Waals surface area (Å²) in [4.78, 5) is 54.0. The van der Waals surface area contributed by atoms with Gasteiger partial charge in [-0.3, -0.25) is 9.59 Å². The maximum absolute atomic E-state index is 14.7. The van der Waals surface area contributed by atoms with Crippen molar-refractivity contribution < 1.29 is 9.59 Å². The van der Waals surface area contributed by atoms with E-state index in [1.807, 2.05) is 39.4 Å². The molecule has 2 amide bonds. The Hall–Kier alpha value is -8.10. The van der Waals surface area contributed by atoms with Crippen LogP contribution in [0, 0.1) is 11.8 Å². The van der Waals surface area contributed by atoms with E-state index in [1.165, 1.54) is 11.3 Å². The Bertz CT molecular complexity index is 4000. The Morgan fingerprint density at radius 2 is 1.04 bits per heavy atom. The molecule has 0 saturated carbocycles. The molecule has 4 aliphatic heterocycles. The smallest absolute Gasteiger partial charge is 0.261 e. The lowest BCUT2D eigenvalue weighted by molar-refractivity contribution is -0.124. The van der Waals surface area contributed by atoms with Crippen LogP contribution >= 0.6 is 22.7 Å². The van der Waals surface area contributed by atoms with Crippen molar-refractivity contribution >= 4 is 89.5 Å². The highest BCUT2D eigenvalue weighted by Gasteiger charge is 2.49. The fourth-order valence-electron chi connectivity index (χ4n) is 10.5. The first kappa shape index (κ1) is 42.0. The molecule has 0 fully saturated rings. The van der Waals surface area contributed by atoms with Crippen LogP contribution in [0.25, 0.3) is 100 Å². The van der Waals surface area contributed by atoms with Gasteiger partial charge in [-0.25, -0.2) is 9.97 Å². The fraction of sp³-hybridized carbons (Fsp3) is 0.133. The number of H-pyrrole nitrogens is 2. The number of rotatable bonds is 8. The first-order valence-corrected chi connectivity index (χ1v) is 25.7. The molecule has 10 heteroatoms. The molecule has 0 unspecified atom stereocenters. The number of carbonyl (C=O) groups is 2. The van der Waals surface area contributed by atoms with E-state index in [-0.39, 0.29) is 11.8 Å². The molecule has 4 aromatic carbocycles. The number of hydrogen-bond donors (Lipinski definition) is 2. The number of nitrogens with zero attached hydrogens (tertiary/aromatic N) is 4. The van der Waals surface area contributed by atoms with Crippen LogP contribution in [0.2, 0.25) is 0 Å². The first-order chi connectivity index (χ1) is 34.5. The van der Waals surface area contributed by atoms with Crippen LogP contribution in [0.15, 0.2) is 156 Å². The van der Waals surface area contributed by atoms with Crippen molar-refractivity contribution in [2.75, 3.05) is 13.1 Å². The molecule has 2 N–H and O–H groups in total. The van der Waals surface area contributed by atoms with Gasteiger partial charge in [0.25, 0.3) is 11.8 Å². The van der Waals surface area contributed by atoms with Gasteiger partial charge < -0.3 is 19.8 Å². The zero-order valence-corrected chi connectivity index (χ0v) is 40.2. The number of amides is 2. The zero-order valence-electron chi connectivity index (χ0n) is 38.5. The molecule has 0 saturated heterocycles. The molecule has 0 atom stereocenters. The zero-order chi connectivity index (χ0) is 47.0. The number of benzene rings is 4. The molecular weight excluding hydrogens is 901 g/mol. The summed E-state index contributed by atoms with van der Waals surface area (Å²) in [7, 11) is 0. The minimum atomic E-state index is -0.104. The van der Waals surface area contributed by atoms with Crippen molar-refractivity contribution in [2.45, 2.75) is 39.5 Å². The van der Waals surface area contributed by atoms with Crippen molar-refractivity contribution in [3.63, 3.8) is 0 Å². The normalized spacial score (nSPS) is 14.0. The topological polar surface area (TPSA) is 98.0 Å². The molecular formula is C60H44N6O2S2. The van der Waals surface area contributed by atoms with Crippen LogP contribution in [-0.4, -0.2) is 54.6 Å². The quantitative estimate of drug-likeness (QED) is 0.148. The number of nitrogens with one attached hydrogen (secondary N) is 2. The Morgan fingerprint density at radius 3 is 1.63 bits per heavy atom. The second kappa shape index (κ2) is 16.8. The molecule has 9 aromatic rings. The van der Waals surface area contributed by atoms with Gasteiger partial charge in [0.2, 0.25) is 0 Å². The minimum absolute atomic E-state index is 0.104. The lowest BCUT2D eigenvalue weighted by atomic mass is 10.0. The van der Waals surface area contributed by atoms with E-state index >= 15 is 0 Å². The molecule has 70 heavy (non-hydrogen) atoms. The summed E-state index contributed by atoms with van der Waals surface area (Å²) < 4.78 is 0. The number of fused-ring (bicyclic) bond motifs is 21. The third-order valence-corrected chi connectivity index (χ3v) is 15.7. The van der Waals surface area contributed by atoms with Crippen molar-refractivity contribution in [2.24, 2.45) is 0 Å². The van der Waals surface area contributed by atoms with Crippen molar-refractivity contribution in [1.29, 1.82) is 0 Å². The molecule has 9 heterocycles. The number of aromatic nitrogens is 4. The number of hydrogen-bond acceptors (Lipinski definition) is 6. The van der Waals surface area contributed by atoms with Crippen LogP contribution in [0.5, 0.6) is 0 Å². The fourth-order valence-corrected chi connectivity index (χ4v) is 12.2. The van der Waals surface area contributed by atoms with Gasteiger partial charge in [0.05, 0.1) is 71.0 Å². The van der Waals surface area contributed by atoms with E-state index in [9.17, 15) is 9.59 Å². The summed E-state index contributed by atoms with van der Waals surface area (Å²) in [5.41, 5.74) is 14.5. The largest absolute Gasteiger partial charge is 0.354 e. The van der Waals surface area contributed by atoms with Crippen molar-refractivity contribution in [1.82, 2.24) is 29.7 Å². The molecule has 0 aliphatic carbocycles. The highest BCUT2D eigenvalue weighted by atomic mass is 32.1. The summed E-state index contributed by atoms with van der Waals surface area (Å²) in [6.45, 7) is 5.33. The van der Waals surface area contributed by atoms with Crippen molar-refractivity contribution in [3.8, 4) is 56.9 Å². The lowest BCUT2D eigenvalue weighted by Crippen LogP contribution is -2.30. The molecule has 13 rings (SSSR count).